The third-order valence-electron chi connectivity index (χ3n) is 3.62. The number of amides is 1. The number of primary amides is 1. The molecule has 0 saturated carbocycles. The first-order chi connectivity index (χ1) is 10.9. The van der Waals surface area contributed by atoms with Crippen LogP contribution in [-0.4, -0.2) is 61.7 Å². The Morgan fingerprint density at radius 3 is 2.96 bits per heavy atom. The third kappa shape index (κ3) is 4.54. The standard InChI is InChI=1S/C14H21N5O4/c1-17(9-14(16)20)7-11-8-18(4-5-23-11)13-6-10(15)2-3-12(13)19(21)22/h2-3,6,11H,4-5,7-9,15H2,1H3,(H2,16,20)/t11-/m0/s1. The van der Waals surface area contributed by atoms with Crippen LogP contribution < -0.4 is 16.4 Å². The highest BCUT2D eigenvalue weighted by Gasteiger charge is 2.27. The molecule has 1 fully saturated rings. The second kappa shape index (κ2) is 7.25. The van der Waals surface area contributed by atoms with E-state index >= 15 is 0 Å². The summed E-state index contributed by atoms with van der Waals surface area (Å²) in [6.07, 6.45) is -0.172. The van der Waals surface area contributed by atoms with Crippen molar-refractivity contribution in [1.29, 1.82) is 0 Å². The SMILES string of the molecule is CN(CC(N)=O)C[C@H]1CN(c2cc(N)ccc2[N+](=O)[O-])CCO1. The zero-order valence-corrected chi connectivity index (χ0v) is 13.0. The molecule has 1 heterocycles. The quantitative estimate of drug-likeness (QED) is 0.421. The molecule has 1 amide bonds. The molecule has 9 heteroatoms. The Hall–Kier alpha value is -2.39. The summed E-state index contributed by atoms with van der Waals surface area (Å²) in [4.78, 5) is 25.4. The number of nitrogens with two attached hydrogens (primary N) is 2. The van der Waals surface area contributed by atoms with Crippen LogP contribution in [0.25, 0.3) is 0 Å². The Balaban J connectivity index is 2.10. The second-order valence-electron chi connectivity index (χ2n) is 5.61. The number of benzene rings is 1. The van der Waals surface area contributed by atoms with E-state index in [4.69, 9.17) is 16.2 Å². The van der Waals surface area contributed by atoms with E-state index in [1.807, 2.05) is 4.90 Å². The number of hydrogen-bond acceptors (Lipinski definition) is 7. The molecule has 0 spiro atoms. The van der Waals surface area contributed by atoms with Gasteiger partial charge < -0.3 is 21.1 Å². The first-order valence-electron chi connectivity index (χ1n) is 7.24. The monoisotopic (exact) mass is 323 g/mol. The number of nitro benzene ring substituents is 1. The Kier molecular flexibility index (Phi) is 5.35. The van der Waals surface area contributed by atoms with E-state index < -0.39 is 10.8 Å². The fourth-order valence-electron chi connectivity index (χ4n) is 2.67. The van der Waals surface area contributed by atoms with Gasteiger partial charge in [0.1, 0.15) is 5.69 Å². The number of rotatable bonds is 6. The number of likely N-dealkylation sites (N-methyl/N-ethyl adjacent to an activating group) is 1. The van der Waals surface area contributed by atoms with Crippen molar-refractivity contribution in [2.24, 2.45) is 5.73 Å². The molecule has 0 radical (unpaired) electrons. The Bertz CT molecular complexity index is 595. The number of nitro groups is 1. The van der Waals surface area contributed by atoms with E-state index in [0.29, 0.717) is 37.6 Å². The molecule has 9 nitrogen and oxygen atoms in total. The van der Waals surface area contributed by atoms with Crippen LogP contribution in [0.1, 0.15) is 0 Å². The summed E-state index contributed by atoms with van der Waals surface area (Å²) in [6, 6.07) is 4.53. The minimum absolute atomic E-state index is 0.0188. The van der Waals surface area contributed by atoms with Crippen molar-refractivity contribution in [3.05, 3.63) is 28.3 Å². The summed E-state index contributed by atoms with van der Waals surface area (Å²) < 4.78 is 5.68. The van der Waals surface area contributed by atoms with Crippen LogP contribution >= 0.6 is 0 Å². The van der Waals surface area contributed by atoms with Gasteiger partial charge in [0.25, 0.3) is 5.69 Å². The van der Waals surface area contributed by atoms with Gasteiger partial charge in [-0.05, 0) is 19.2 Å². The van der Waals surface area contributed by atoms with Crippen molar-refractivity contribution in [2.75, 3.05) is 50.5 Å². The molecule has 1 aliphatic rings. The highest BCUT2D eigenvalue weighted by atomic mass is 16.6. The first kappa shape index (κ1) is 17.0. The molecule has 4 N–H and O–H groups in total. The summed E-state index contributed by atoms with van der Waals surface area (Å²) >= 11 is 0. The van der Waals surface area contributed by atoms with Gasteiger partial charge in [0, 0.05) is 31.4 Å². The van der Waals surface area contributed by atoms with E-state index in [-0.39, 0.29) is 18.3 Å². The summed E-state index contributed by atoms with van der Waals surface area (Å²) in [6.45, 7) is 2.11. The molecule has 0 unspecified atom stereocenters. The van der Waals surface area contributed by atoms with Gasteiger partial charge >= 0.3 is 0 Å². The molecular formula is C14H21N5O4. The molecule has 0 aromatic heterocycles. The predicted molar refractivity (Wildman–Crippen MR) is 86.2 cm³/mol. The summed E-state index contributed by atoms with van der Waals surface area (Å²) in [5.74, 6) is -0.411. The summed E-state index contributed by atoms with van der Waals surface area (Å²) in [5, 5.41) is 11.2. The van der Waals surface area contributed by atoms with Gasteiger partial charge in [-0.2, -0.15) is 0 Å². The number of anilines is 2. The van der Waals surface area contributed by atoms with E-state index in [2.05, 4.69) is 0 Å². The maximum absolute atomic E-state index is 11.2. The van der Waals surface area contributed by atoms with Gasteiger partial charge in [-0.1, -0.05) is 0 Å². The number of nitrogens with zero attached hydrogens (tertiary/aromatic N) is 3. The van der Waals surface area contributed by atoms with Crippen molar-refractivity contribution in [2.45, 2.75) is 6.10 Å². The molecule has 23 heavy (non-hydrogen) atoms. The lowest BCUT2D eigenvalue weighted by molar-refractivity contribution is -0.384. The molecule has 1 saturated heterocycles. The molecule has 126 valence electrons. The second-order valence-corrected chi connectivity index (χ2v) is 5.61. The van der Waals surface area contributed by atoms with Crippen LogP contribution in [0, 0.1) is 10.1 Å². The van der Waals surface area contributed by atoms with Crippen molar-refractivity contribution < 1.29 is 14.5 Å². The number of nitrogen functional groups attached to an aromatic ring is 1. The molecule has 1 atom stereocenters. The van der Waals surface area contributed by atoms with Crippen molar-refractivity contribution in [3.63, 3.8) is 0 Å². The highest BCUT2D eigenvalue weighted by molar-refractivity contribution is 5.75. The largest absolute Gasteiger partial charge is 0.399 e. The molecule has 1 aromatic rings. The Morgan fingerprint density at radius 2 is 2.30 bits per heavy atom. The average Bonchev–Trinajstić information content (AvgIpc) is 2.46. The van der Waals surface area contributed by atoms with Crippen molar-refractivity contribution >= 4 is 23.0 Å². The number of carbonyl (C=O) groups excluding carboxylic acids is 1. The average molecular weight is 323 g/mol. The smallest absolute Gasteiger partial charge is 0.292 e. The molecule has 1 aliphatic heterocycles. The van der Waals surface area contributed by atoms with Crippen LogP contribution in [-0.2, 0) is 9.53 Å². The summed E-state index contributed by atoms with van der Waals surface area (Å²) in [7, 11) is 1.77. The molecular weight excluding hydrogens is 302 g/mol. The number of morpholine rings is 1. The number of ether oxygens (including phenoxy) is 1. The topological polar surface area (TPSA) is 128 Å². The predicted octanol–water partition coefficient (Wildman–Crippen LogP) is -0.201. The van der Waals surface area contributed by atoms with E-state index in [1.54, 1.807) is 18.0 Å². The third-order valence-corrected chi connectivity index (χ3v) is 3.62. The van der Waals surface area contributed by atoms with Crippen LogP contribution in [0.5, 0.6) is 0 Å². The number of hydrogen-bond donors (Lipinski definition) is 2. The lowest BCUT2D eigenvalue weighted by Crippen LogP contribution is -2.48. The van der Waals surface area contributed by atoms with Gasteiger partial charge in [0.05, 0.1) is 24.2 Å². The van der Waals surface area contributed by atoms with Crippen molar-refractivity contribution in [3.8, 4) is 0 Å². The van der Waals surface area contributed by atoms with Crippen LogP contribution in [0.3, 0.4) is 0 Å². The van der Waals surface area contributed by atoms with E-state index in [9.17, 15) is 14.9 Å². The maximum atomic E-state index is 11.2. The minimum Gasteiger partial charge on any atom is -0.399 e. The Labute approximate surface area is 133 Å². The van der Waals surface area contributed by atoms with Gasteiger partial charge in [0.2, 0.25) is 5.91 Å². The number of carbonyl (C=O) groups is 1. The highest BCUT2D eigenvalue weighted by Crippen LogP contribution is 2.31. The fourth-order valence-corrected chi connectivity index (χ4v) is 2.67. The molecule has 0 bridgehead atoms. The molecule has 0 aliphatic carbocycles. The van der Waals surface area contributed by atoms with Crippen molar-refractivity contribution in [1.82, 2.24) is 4.90 Å². The molecule has 1 aromatic carbocycles. The van der Waals surface area contributed by atoms with Gasteiger partial charge in [-0.25, -0.2) is 0 Å². The normalized spacial score (nSPS) is 18.2. The maximum Gasteiger partial charge on any atom is 0.292 e. The van der Waals surface area contributed by atoms with Crippen LogP contribution in [0.2, 0.25) is 0 Å². The zero-order valence-electron chi connectivity index (χ0n) is 13.0. The Morgan fingerprint density at radius 1 is 1.57 bits per heavy atom. The van der Waals surface area contributed by atoms with Gasteiger partial charge in [-0.3, -0.25) is 19.8 Å². The van der Waals surface area contributed by atoms with Crippen LogP contribution in [0.4, 0.5) is 17.1 Å². The fraction of sp³-hybridized carbons (Fsp3) is 0.500. The first-order valence-corrected chi connectivity index (χ1v) is 7.24. The molecule has 2 rings (SSSR count). The lowest BCUT2D eigenvalue weighted by atomic mass is 10.2. The van der Waals surface area contributed by atoms with E-state index in [1.165, 1.54) is 12.1 Å². The van der Waals surface area contributed by atoms with Gasteiger partial charge in [0.15, 0.2) is 0 Å². The van der Waals surface area contributed by atoms with E-state index in [0.717, 1.165) is 0 Å². The van der Waals surface area contributed by atoms with Crippen LogP contribution in [0.15, 0.2) is 18.2 Å². The zero-order chi connectivity index (χ0) is 17.0. The lowest BCUT2D eigenvalue weighted by Gasteiger charge is -2.35. The minimum atomic E-state index is -0.418. The van der Waals surface area contributed by atoms with Gasteiger partial charge in [-0.15, -0.1) is 0 Å². The summed E-state index contributed by atoms with van der Waals surface area (Å²) in [5.41, 5.74) is 11.9.